The van der Waals surface area contributed by atoms with Gasteiger partial charge in [-0.15, -0.1) is 0 Å². The van der Waals surface area contributed by atoms with E-state index in [-0.39, 0.29) is 17.5 Å². The number of rotatable bonds is 6. The Labute approximate surface area is 190 Å². The zero-order valence-corrected chi connectivity index (χ0v) is 18.8. The third-order valence-electron chi connectivity index (χ3n) is 5.29. The van der Waals surface area contributed by atoms with Crippen molar-refractivity contribution in [1.29, 1.82) is 5.26 Å². The maximum absolute atomic E-state index is 12.9. The van der Waals surface area contributed by atoms with Crippen molar-refractivity contribution in [2.24, 2.45) is 0 Å². The molecule has 31 heavy (non-hydrogen) atoms. The fourth-order valence-electron chi connectivity index (χ4n) is 3.61. The molecular weight excluding hydrogens is 432 g/mol. The number of thioether (sulfide) groups is 1. The Morgan fingerprint density at radius 2 is 2.03 bits per heavy atom. The first-order chi connectivity index (χ1) is 15.1. The second-order valence-electron chi connectivity index (χ2n) is 7.30. The van der Waals surface area contributed by atoms with E-state index in [1.807, 2.05) is 29.2 Å². The van der Waals surface area contributed by atoms with Crippen LogP contribution in [-0.2, 0) is 11.2 Å². The van der Waals surface area contributed by atoms with Crippen LogP contribution in [0.1, 0.15) is 36.4 Å². The van der Waals surface area contributed by atoms with E-state index in [2.05, 4.69) is 11.1 Å². The Kier molecular flexibility index (Phi) is 6.59. The molecular formula is C22H22N4O3S2. The molecule has 7 nitrogen and oxygen atoms in total. The van der Waals surface area contributed by atoms with Crippen LogP contribution in [0.15, 0.2) is 33.6 Å². The van der Waals surface area contributed by atoms with E-state index in [1.54, 1.807) is 18.1 Å². The number of hydrogen-bond acceptors (Lipinski definition) is 8. The number of amides is 1. The number of piperidine rings is 1. The van der Waals surface area contributed by atoms with E-state index in [4.69, 9.17) is 21.4 Å². The van der Waals surface area contributed by atoms with E-state index in [1.165, 1.54) is 18.2 Å². The lowest BCUT2D eigenvalue weighted by Crippen LogP contribution is -2.30. The SMILES string of the molecule is COc1ccc(CCN2C(=O)C(=Cc3nc(C#N)c(N4CCCCC4)o3)SC2=S)cc1. The van der Waals surface area contributed by atoms with E-state index in [0.29, 0.717) is 28.1 Å². The van der Waals surface area contributed by atoms with Crippen molar-refractivity contribution in [2.75, 3.05) is 31.6 Å². The van der Waals surface area contributed by atoms with Gasteiger partial charge in [-0.1, -0.05) is 36.1 Å². The van der Waals surface area contributed by atoms with Gasteiger partial charge in [0.1, 0.15) is 16.1 Å². The quantitative estimate of drug-likeness (QED) is 0.479. The summed E-state index contributed by atoms with van der Waals surface area (Å²) in [5.41, 5.74) is 1.35. The summed E-state index contributed by atoms with van der Waals surface area (Å²) in [6.45, 7) is 2.18. The van der Waals surface area contributed by atoms with Crippen molar-refractivity contribution in [3.63, 3.8) is 0 Å². The molecule has 3 heterocycles. The molecule has 2 fully saturated rings. The van der Waals surface area contributed by atoms with Crippen LogP contribution in [0, 0.1) is 11.3 Å². The van der Waals surface area contributed by atoms with Gasteiger partial charge in [-0.05, 0) is 43.4 Å². The molecule has 0 spiro atoms. The lowest BCUT2D eigenvalue weighted by atomic mass is 10.1. The normalized spacial score (nSPS) is 18.0. The molecule has 0 aliphatic carbocycles. The summed E-state index contributed by atoms with van der Waals surface area (Å²) >= 11 is 6.65. The van der Waals surface area contributed by atoms with Crippen molar-refractivity contribution in [3.8, 4) is 11.8 Å². The standard InChI is InChI=1S/C22H22N4O3S2/c1-28-16-7-5-15(6-8-16)9-12-26-20(27)18(31-22(26)30)13-19-24-17(14-23)21(29-19)25-10-3-2-4-11-25/h5-8,13H,2-4,9-12H2,1H3. The molecule has 2 aromatic rings. The Morgan fingerprint density at radius 1 is 1.29 bits per heavy atom. The molecule has 0 saturated carbocycles. The summed E-state index contributed by atoms with van der Waals surface area (Å²) in [6.07, 6.45) is 5.57. The highest BCUT2D eigenvalue weighted by molar-refractivity contribution is 8.26. The van der Waals surface area contributed by atoms with Gasteiger partial charge < -0.3 is 14.1 Å². The number of nitrogens with zero attached hydrogens (tertiary/aromatic N) is 4. The summed E-state index contributed by atoms with van der Waals surface area (Å²) in [5.74, 6) is 1.37. The number of benzene rings is 1. The highest BCUT2D eigenvalue weighted by Crippen LogP contribution is 2.34. The second kappa shape index (κ2) is 9.54. The number of aromatic nitrogens is 1. The van der Waals surface area contributed by atoms with E-state index < -0.39 is 0 Å². The lowest BCUT2D eigenvalue weighted by Gasteiger charge is -2.25. The Hall–Kier alpha value is -2.83. The maximum atomic E-state index is 12.9. The average molecular weight is 455 g/mol. The van der Waals surface area contributed by atoms with Crippen molar-refractivity contribution in [2.45, 2.75) is 25.7 Å². The molecule has 1 amide bonds. The average Bonchev–Trinajstić information content (AvgIpc) is 3.33. The van der Waals surface area contributed by atoms with Crippen molar-refractivity contribution in [3.05, 3.63) is 46.3 Å². The van der Waals surface area contributed by atoms with Crippen molar-refractivity contribution >= 4 is 46.2 Å². The summed E-state index contributed by atoms with van der Waals surface area (Å²) in [6, 6.07) is 9.85. The minimum absolute atomic E-state index is 0.167. The van der Waals surface area contributed by atoms with Crippen LogP contribution in [-0.4, -0.2) is 46.9 Å². The van der Waals surface area contributed by atoms with Crippen LogP contribution in [0.2, 0.25) is 0 Å². The monoisotopic (exact) mass is 454 g/mol. The molecule has 9 heteroatoms. The number of hydrogen-bond donors (Lipinski definition) is 0. The first-order valence-electron chi connectivity index (χ1n) is 10.1. The summed E-state index contributed by atoms with van der Waals surface area (Å²) in [7, 11) is 1.63. The Bertz CT molecular complexity index is 1050. The summed E-state index contributed by atoms with van der Waals surface area (Å²) < 4.78 is 11.5. The zero-order chi connectivity index (χ0) is 21.8. The molecule has 2 saturated heterocycles. The third-order valence-corrected chi connectivity index (χ3v) is 6.66. The number of carbonyl (C=O) groups is 1. The Morgan fingerprint density at radius 3 is 2.71 bits per heavy atom. The minimum atomic E-state index is -0.167. The smallest absolute Gasteiger partial charge is 0.266 e. The van der Waals surface area contributed by atoms with Gasteiger partial charge in [0.25, 0.3) is 5.91 Å². The fourth-order valence-corrected chi connectivity index (χ4v) is 4.89. The van der Waals surface area contributed by atoms with Gasteiger partial charge >= 0.3 is 0 Å². The van der Waals surface area contributed by atoms with Crippen LogP contribution in [0.4, 0.5) is 5.88 Å². The summed E-state index contributed by atoms with van der Waals surface area (Å²) in [4.78, 5) is 21.3. The predicted octanol–water partition coefficient (Wildman–Crippen LogP) is 3.99. The zero-order valence-electron chi connectivity index (χ0n) is 17.2. The Balaban J connectivity index is 1.46. The van der Waals surface area contributed by atoms with Crippen LogP contribution in [0.25, 0.3) is 6.08 Å². The van der Waals surface area contributed by atoms with E-state index in [9.17, 15) is 10.1 Å². The van der Waals surface area contributed by atoms with Crippen LogP contribution in [0.3, 0.4) is 0 Å². The number of nitriles is 1. The number of methoxy groups -OCH3 is 1. The van der Waals surface area contributed by atoms with Gasteiger partial charge in [0.2, 0.25) is 17.5 Å². The highest BCUT2D eigenvalue weighted by atomic mass is 32.2. The molecule has 0 atom stereocenters. The summed E-state index contributed by atoms with van der Waals surface area (Å²) in [5, 5.41) is 9.44. The van der Waals surface area contributed by atoms with E-state index in [0.717, 1.165) is 37.2 Å². The van der Waals surface area contributed by atoms with Gasteiger partial charge in [-0.2, -0.15) is 10.2 Å². The largest absolute Gasteiger partial charge is 0.497 e. The predicted molar refractivity (Wildman–Crippen MR) is 124 cm³/mol. The first kappa shape index (κ1) is 21.4. The number of anilines is 1. The molecule has 4 rings (SSSR count). The van der Waals surface area contributed by atoms with Gasteiger partial charge in [0.05, 0.1) is 12.0 Å². The maximum Gasteiger partial charge on any atom is 0.266 e. The molecule has 1 aromatic heterocycles. The van der Waals surface area contributed by atoms with Crippen molar-refractivity contribution < 1.29 is 13.9 Å². The highest BCUT2D eigenvalue weighted by Gasteiger charge is 2.32. The lowest BCUT2D eigenvalue weighted by molar-refractivity contribution is -0.122. The molecule has 0 radical (unpaired) electrons. The number of ether oxygens (including phenoxy) is 1. The number of thiocarbonyl (C=S) groups is 1. The first-order valence-corrected chi connectivity index (χ1v) is 11.4. The molecule has 160 valence electrons. The number of oxazole rings is 1. The molecule has 0 unspecified atom stereocenters. The minimum Gasteiger partial charge on any atom is -0.497 e. The second-order valence-corrected chi connectivity index (χ2v) is 8.97. The number of carbonyl (C=O) groups excluding carboxylic acids is 1. The van der Waals surface area contributed by atoms with Gasteiger partial charge in [-0.25, -0.2) is 0 Å². The molecule has 0 N–H and O–H groups in total. The van der Waals surface area contributed by atoms with Crippen LogP contribution < -0.4 is 9.64 Å². The van der Waals surface area contributed by atoms with Gasteiger partial charge in [0.15, 0.2) is 0 Å². The molecule has 0 bridgehead atoms. The fraction of sp³-hybridized carbons (Fsp3) is 0.364. The third kappa shape index (κ3) is 4.75. The molecule has 2 aliphatic heterocycles. The topological polar surface area (TPSA) is 82.6 Å². The van der Waals surface area contributed by atoms with Crippen LogP contribution in [0.5, 0.6) is 5.75 Å². The van der Waals surface area contributed by atoms with Gasteiger partial charge in [-0.3, -0.25) is 9.69 Å². The van der Waals surface area contributed by atoms with Gasteiger partial charge in [0, 0.05) is 25.7 Å². The molecule has 1 aromatic carbocycles. The van der Waals surface area contributed by atoms with Crippen molar-refractivity contribution in [1.82, 2.24) is 9.88 Å². The van der Waals surface area contributed by atoms with E-state index >= 15 is 0 Å². The van der Waals surface area contributed by atoms with Crippen LogP contribution >= 0.6 is 24.0 Å². The molecule has 2 aliphatic rings.